The van der Waals surface area contributed by atoms with Crippen molar-refractivity contribution >= 4 is 17.0 Å². The standard InChI is InChI=1S/C27H32N4O3/c1-2-16-33-22-8-5-9-23(17-22)34-24-10-11-26-25(18-24)27(29-31(26)28-19-32)20-12-14-30(15-13-20)21-6-3-4-7-21/h5,8-11,17-18,20-21H,2-4,6-7,12-16H2,1H3. The van der Waals surface area contributed by atoms with E-state index in [4.69, 9.17) is 14.6 Å². The summed E-state index contributed by atoms with van der Waals surface area (Å²) in [6.45, 7) is 4.96. The van der Waals surface area contributed by atoms with E-state index >= 15 is 0 Å². The molecule has 0 N–H and O–H groups in total. The molecule has 0 unspecified atom stereocenters. The molecule has 2 heterocycles. The van der Waals surface area contributed by atoms with Gasteiger partial charge in [-0.3, -0.25) is 0 Å². The van der Waals surface area contributed by atoms with Crippen molar-refractivity contribution in [1.82, 2.24) is 14.8 Å². The summed E-state index contributed by atoms with van der Waals surface area (Å²) in [4.78, 5) is 15.1. The van der Waals surface area contributed by atoms with Gasteiger partial charge in [-0.25, -0.2) is 4.79 Å². The molecular formula is C27H32N4O3. The van der Waals surface area contributed by atoms with Gasteiger partial charge >= 0.3 is 0 Å². The lowest BCUT2D eigenvalue weighted by Gasteiger charge is -2.35. The van der Waals surface area contributed by atoms with Gasteiger partial charge in [0, 0.05) is 23.4 Å². The van der Waals surface area contributed by atoms with Gasteiger partial charge in [-0.1, -0.05) is 30.9 Å². The van der Waals surface area contributed by atoms with Crippen molar-refractivity contribution < 1.29 is 14.3 Å². The number of piperidine rings is 1. The van der Waals surface area contributed by atoms with Crippen molar-refractivity contribution in [3.8, 4) is 17.2 Å². The number of isocyanates is 1. The maximum absolute atomic E-state index is 11.0. The monoisotopic (exact) mass is 460 g/mol. The van der Waals surface area contributed by atoms with E-state index in [1.807, 2.05) is 42.5 Å². The summed E-state index contributed by atoms with van der Waals surface area (Å²) in [6, 6.07) is 14.2. The molecule has 5 rings (SSSR count). The van der Waals surface area contributed by atoms with Crippen molar-refractivity contribution in [3.63, 3.8) is 0 Å². The first-order valence-corrected chi connectivity index (χ1v) is 12.5. The van der Waals surface area contributed by atoms with Crippen LogP contribution < -0.4 is 9.47 Å². The van der Waals surface area contributed by atoms with Crippen LogP contribution in [-0.4, -0.2) is 46.6 Å². The summed E-state index contributed by atoms with van der Waals surface area (Å²) in [6.07, 6.45) is 10.1. The third-order valence-corrected chi connectivity index (χ3v) is 7.07. The predicted octanol–water partition coefficient (Wildman–Crippen LogP) is 5.84. The van der Waals surface area contributed by atoms with E-state index in [1.54, 1.807) is 6.08 Å². The molecule has 178 valence electrons. The fourth-order valence-corrected chi connectivity index (χ4v) is 5.38. The molecule has 1 aliphatic carbocycles. The van der Waals surface area contributed by atoms with Crippen molar-refractivity contribution in [2.24, 2.45) is 5.10 Å². The van der Waals surface area contributed by atoms with E-state index in [2.05, 4.69) is 16.9 Å². The summed E-state index contributed by atoms with van der Waals surface area (Å²) in [5.74, 6) is 2.57. The van der Waals surface area contributed by atoms with Crippen LogP contribution in [0.2, 0.25) is 0 Å². The van der Waals surface area contributed by atoms with Crippen molar-refractivity contribution in [3.05, 3.63) is 48.2 Å². The highest BCUT2D eigenvalue weighted by Crippen LogP contribution is 2.37. The molecule has 0 atom stereocenters. The van der Waals surface area contributed by atoms with Gasteiger partial charge in [0.25, 0.3) is 6.08 Å². The number of hydrogen-bond donors (Lipinski definition) is 0. The summed E-state index contributed by atoms with van der Waals surface area (Å²) in [5.41, 5.74) is 1.79. The molecule has 2 aliphatic rings. The predicted molar refractivity (Wildman–Crippen MR) is 131 cm³/mol. The lowest BCUT2D eigenvalue weighted by Crippen LogP contribution is -2.39. The molecule has 1 aliphatic heterocycles. The molecular weight excluding hydrogens is 428 g/mol. The quantitative estimate of drug-likeness (QED) is 0.312. The normalized spacial score (nSPS) is 17.7. The van der Waals surface area contributed by atoms with E-state index in [0.29, 0.717) is 12.5 Å². The minimum Gasteiger partial charge on any atom is -0.493 e. The number of aromatic nitrogens is 2. The van der Waals surface area contributed by atoms with Crippen LogP contribution >= 0.6 is 0 Å². The number of ether oxygens (including phenoxy) is 2. The highest BCUT2D eigenvalue weighted by Gasteiger charge is 2.30. The Morgan fingerprint density at radius 1 is 1.03 bits per heavy atom. The Bertz CT molecular complexity index is 1170. The van der Waals surface area contributed by atoms with Gasteiger partial charge in [0.1, 0.15) is 17.2 Å². The number of hydrogen-bond acceptors (Lipinski definition) is 6. The van der Waals surface area contributed by atoms with E-state index in [9.17, 15) is 4.79 Å². The lowest BCUT2D eigenvalue weighted by molar-refractivity contribution is 0.153. The second-order valence-corrected chi connectivity index (χ2v) is 9.32. The Morgan fingerprint density at radius 2 is 1.79 bits per heavy atom. The molecule has 3 aromatic rings. The van der Waals surface area contributed by atoms with E-state index in [0.717, 1.165) is 72.2 Å². The zero-order valence-electron chi connectivity index (χ0n) is 19.8. The number of fused-ring (bicyclic) bond motifs is 1. The second kappa shape index (κ2) is 10.4. The Morgan fingerprint density at radius 3 is 2.56 bits per heavy atom. The maximum atomic E-state index is 11.0. The second-order valence-electron chi connectivity index (χ2n) is 9.32. The average Bonchev–Trinajstić information content (AvgIpc) is 3.52. The van der Waals surface area contributed by atoms with Gasteiger partial charge in [0.15, 0.2) is 0 Å². The van der Waals surface area contributed by atoms with Crippen molar-refractivity contribution in [2.45, 2.75) is 63.8 Å². The molecule has 0 bridgehead atoms. The molecule has 7 nitrogen and oxygen atoms in total. The number of nitrogens with zero attached hydrogens (tertiary/aromatic N) is 4. The van der Waals surface area contributed by atoms with Crippen molar-refractivity contribution in [2.75, 3.05) is 19.7 Å². The zero-order chi connectivity index (χ0) is 23.3. The van der Waals surface area contributed by atoms with Crippen LogP contribution in [0.15, 0.2) is 47.6 Å². The van der Waals surface area contributed by atoms with Crippen LogP contribution in [0.1, 0.15) is 63.5 Å². The molecule has 1 saturated carbocycles. The molecule has 0 amide bonds. The Balaban J connectivity index is 1.39. The van der Waals surface area contributed by atoms with Gasteiger partial charge in [-0.15, -0.1) is 4.79 Å². The third kappa shape index (κ3) is 4.86. The number of carbonyl (C=O) groups excluding carboxylic acids is 1. The molecule has 2 aromatic carbocycles. The first-order valence-electron chi connectivity index (χ1n) is 12.5. The molecule has 0 radical (unpaired) electrons. The molecule has 7 heteroatoms. The van der Waals surface area contributed by atoms with Crippen LogP contribution in [0.25, 0.3) is 10.9 Å². The van der Waals surface area contributed by atoms with Gasteiger partial charge < -0.3 is 14.4 Å². The highest BCUT2D eigenvalue weighted by atomic mass is 16.5. The van der Waals surface area contributed by atoms with Crippen molar-refractivity contribution in [1.29, 1.82) is 0 Å². The Hall–Kier alpha value is -3.15. The fourth-order valence-electron chi connectivity index (χ4n) is 5.38. The molecule has 1 saturated heterocycles. The van der Waals surface area contributed by atoms with Crippen LogP contribution in [0.5, 0.6) is 17.2 Å². The lowest BCUT2D eigenvalue weighted by atomic mass is 9.90. The van der Waals surface area contributed by atoms with Gasteiger partial charge in [-0.05, 0) is 75.5 Å². The SMILES string of the molecule is CCCOc1cccc(Oc2ccc3c(c2)c(C2CCN(C4CCCC4)CC2)nn3N=C=O)c1. The third-order valence-electron chi connectivity index (χ3n) is 7.07. The fraction of sp³-hybridized carbons (Fsp3) is 0.481. The molecule has 34 heavy (non-hydrogen) atoms. The maximum Gasteiger partial charge on any atom is 0.260 e. The first kappa shape index (κ1) is 22.6. The summed E-state index contributed by atoms with van der Waals surface area (Å²) >= 11 is 0. The average molecular weight is 461 g/mol. The van der Waals surface area contributed by atoms with E-state index in [-0.39, 0.29) is 0 Å². The van der Waals surface area contributed by atoms with Crippen LogP contribution in [0, 0.1) is 0 Å². The number of benzene rings is 2. The van der Waals surface area contributed by atoms with Crippen LogP contribution in [0.4, 0.5) is 0 Å². The van der Waals surface area contributed by atoms with Gasteiger partial charge in [0.2, 0.25) is 0 Å². The number of rotatable bonds is 8. The molecule has 2 fully saturated rings. The van der Waals surface area contributed by atoms with E-state index in [1.165, 1.54) is 30.5 Å². The topological polar surface area (TPSA) is 69.0 Å². The molecule has 1 aromatic heterocycles. The molecule has 0 spiro atoms. The minimum absolute atomic E-state index is 0.337. The van der Waals surface area contributed by atoms with Gasteiger partial charge in [-0.2, -0.15) is 5.10 Å². The van der Waals surface area contributed by atoms with Crippen LogP contribution in [-0.2, 0) is 4.79 Å². The minimum atomic E-state index is 0.337. The first-order chi connectivity index (χ1) is 16.7. The highest BCUT2D eigenvalue weighted by molar-refractivity contribution is 5.84. The van der Waals surface area contributed by atoms with Gasteiger partial charge in [0.05, 0.1) is 17.8 Å². The summed E-state index contributed by atoms with van der Waals surface area (Å²) in [7, 11) is 0. The zero-order valence-corrected chi connectivity index (χ0v) is 19.8. The Kier molecular flexibility index (Phi) is 6.93. The summed E-state index contributed by atoms with van der Waals surface area (Å²) < 4.78 is 11.9. The van der Waals surface area contributed by atoms with E-state index < -0.39 is 0 Å². The smallest absolute Gasteiger partial charge is 0.260 e. The number of likely N-dealkylation sites (tertiary alicyclic amines) is 1. The Labute approximate surface area is 200 Å². The summed E-state index contributed by atoms with van der Waals surface area (Å²) in [5, 5.41) is 9.51. The largest absolute Gasteiger partial charge is 0.493 e. The van der Waals surface area contributed by atoms with Crippen LogP contribution in [0.3, 0.4) is 0 Å².